The van der Waals surface area contributed by atoms with Gasteiger partial charge in [0, 0.05) is 11.7 Å². The number of carboxylic acid groups (broad SMARTS) is 1. The molecule has 0 spiro atoms. The minimum Gasteiger partial charge on any atom is -0.481 e. The van der Waals surface area contributed by atoms with Crippen molar-refractivity contribution in [2.75, 3.05) is 5.32 Å². The molecule has 2 rings (SSSR count). The Morgan fingerprint density at radius 2 is 2.05 bits per heavy atom. The Labute approximate surface area is 113 Å². The summed E-state index contributed by atoms with van der Waals surface area (Å²) in [6.45, 7) is 1.92. The quantitative estimate of drug-likeness (QED) is 0.874. The van der Waals surface area contributed by atoms with Crippen LogP contribution >= 0.6 is 0 Å². The Hall–Kier alpha value is -2.02. The zero-order valence-corrected chi connectivity index (χ0v) is 11.0. The monoisotopic (exact) mass is 258 g/mol. The first kappa shape index (κ1) is 13.4. The number of carboxylic acids is 1. The van der Waals surface area contributed by atoms with Gasteiger partial charge in [-0.15, -0.1) is 0 Å². The van der Waals surface area contributed by atoms with Crippen LogP contribution in [0.2, 0.25) is 0 Å². The second-order valence-corrected chi connectivity index (χ2v) is 5.17. The lowest BCUT2D eigenvalue weighted by molar-refractivity contribution is -0.142. The molecule has 0 aromatic heterocycles. The van der Waals surface area contributed by atoms with Gasteiger partial charge in [-0.3, -0.25) is 4.79 Å². The maximum Gasteiger partial charge on any atom is 0.306 e. The molecule has 0 heterocycles. The van der Waals surface area contributed by atoms with E-state index in [0.29, 0.717) is 11.6 Å². The van der Waals surface area contributed by atoms with Crippen molar-refractivity contribution in [2.45, 2.75) is 38.6 Å². The van der Waals surface area contributed by atoms with Crippen LogP contribution in [0.3, 0.4) is 0 Å². The number of aryl methyl sites for hydroxylation is 1. The number of nitriles is 1. The molecule has 0 amide bonds. The molecule has 1 aliphatic rings. The highest BCUT2D eigenvalue weighted by atomic mass is 16.4. The first-order valence-electron chi connectivity index (χ1n) is 6.60. The van der Waals surface area contributed by atoms with Gasteiger partial charge in [0.1, 0.15) is 0 Å². The molecule has 1 aliphatic carbocycles. The van der Waals surface area contributed by atoms with E-state index < -0.39 is 5.97 Å². The molecule has 4 heteroatoms. The highest BCUT2D eigenvalue weighted by Gasteiger charge is 2.25. The number of nitrogens with zero attached hydrogens (tertiary/aromatic N) is 1. The summed E-state index contributed by atoms with van der Waals surface area (Å²) in [5, 5.41) is 21.3. The number of anilines is 1. The number of hydrogen-bond donors (Lipinski definition) is 2. The van der Waals surface area contributed by atoms with Crippen molar-refractivity contribution in [1.29, 1.82) is 5.26 Å². The molecule has 0 bridgehead atoms. The Morgan fingerprint density at radius 1 is 1.37 bits per heavy atom. The Kier molecular flexibility index (Phi) is 4.06. The van der Waals surface area contributed by atoms with Gasteiger partial charge in [-0.2, -0.15) is 5.26 Å². The summed E-state index contributed by atoms with van der Waals surface area (Å²) in [6, 6.07) is 8.19. The molecule has 0 radical (unpaired) electrons. The van der Waals surface area contributed by atoms with E-state index in [1.54, 1.807) is 0 Å². The van der Waals surface area contributed by atoms with Crippen LogP contribution in [0.4, 0.5) is 5.69 Å². The lowest BCUT2D eigenvalue weighted by atomic mass is 9.86. The maximum atomic E-state index is 10.9. The minimum atomic E-state index is -0.673. The van der Waals surface area contributed by atoms with E-state index in [1.165, 1.54) is 0 Å². The van der Waals surface area contributed by atoms with Crippen LogP contribution in [-0.2, 0) is 4.79 Å². The number of hydrogen-bond acceptors (Lipinski definition) is 3. The zero-order valence-electron chi connectivity index (χ0n) is 11.0. The van der Waals surface area contributed by atoms with E-state index in [-0.39, 0.29) is 5.92 Å². The lowest BCUT2D eigenvalue weighted by Gasteiger charge is -2.27. The first-order chi connectivity index (χ1) is 9.10. The van der Waals surface area contributed by atoms with E-state index >= 15 is 0 Å². The van der Waals surface area contributed by atoms with Crippen molar-refractivity contribution >= 4 is 11.7 Å². The zero-order chi connectivity index (χ0) is 13.8. The van der Waals surface area contributed by atoms with Crippen LogP contribution in [0, 0.1) is 24.2 Å². The molecule has 4 nitrogen and oxygen atoms in total. The number of rotatable bonds is 3. The summed E-state index contributed by atoms with van der Waals surface area (Å²) in [4.78, 5) is 10.9. The van der Waals surface area contributed by atoms with Gasteiger partial charge in [-0.05, 0) is 56.4 Å². The van der Waals surface area contributed by atoms with Gasteiger partial charge in [-0.1, -0.05) is 0 Å². The second-order valence-electron chi connectivity index (χ2n) is 5.17. The largest absolute Gasteiger partial charge is 0.481 e. The Morgan fingerprint density at radius 3 is 2.58 bits per heavy atom. The normalized spacial score (nSPS) is 22.5. The minimum absolute atomic E-state index is 0.180. The van der Waals surface area contributed by atoms with E-state index in [4.69, 9.17) is 10.4 Å². The van der Waals surface area contributed by atoms with E-state index in [2.05, 4.69) is 11.4 Å². The van der Waals surface area contributed by atoms with Crippen molar-refractivity contribution < 1.29 is 9.90 Å². The SMILES string of the molecule is Cc1cc(NC2CCC(C(=O)O)CC2)ccc1C#N. The number of carbonyl (C=O) groups is 1. The second kappa shape index (κ2) is 5.75. The third kappa shape index (κ3) is 3.25. The van der Waals surface area contributed by atoms with Crippen molar-refractivity contribution in [1.82, 2.24) is 0 Å². The molecule has 1 aromatic carbocycles. The summed E-state index contributed by atoms with van der Waals surface area (Å²) in [6.07, 6.45) is 3.25. The van der Waals surface area contributed by atoms with Crippen LogP contribution < -0.4 is 5.32 Å². The molecule has 1 saturated carbocycles. The van der Waals surface area contributed by atoms with Crippen molar-refractivity contribution in [2.24, 2.45) is 5.92 Å². The standard InChI is InChI=1S/C15H18N2O2/c1-10-8-14(7-4-12(10)9-16)17-13-5-2-11(3-6-13)15(18)19/h4,7-8,11,13,17H,2-3,5-6H2,1H3,(H,18,19). The maximum absolute atomic E-state index is 10.9. The number of benzene rings is 1. The fraction of sp³-hybridized carbons (Fsp3) is 0.467. The van der Waals surface area contributed by atoms with Gasteiger partial charge in [0.05, 0.1) is 17.6 Å². The molecule has 1 fully saturated rings. The number of nitrogens with one attached hydrogen (secondary N) is 1. The molecule has 2 N–H and O–H groups in total. The van der Waals surface area contributed by atoms with Crippen LogP contribution in [0.25, 0.3) is 0 Å². The van der Waals surface area contributed by atoms with Gasteiger partial charge in [0.25, 0.3) is 0 Å². The molecular formula is C15H18N2O2. The summed E-state index contributed by atoms with van der Waals surface area (Å²) in [7, 11) is 0. The van der Waals surface area contributed by atoms with E-state index in [1.807, 2.05) is 25.1 Å². The predicted octanol–water partition coefficient (Wildman–Crippen LogP) is 2.92. The fourth-order valence-corrected chi connectivity index (χ4v) is 2.60. The van der Waals surface area contributed by atoms with E-state index in [0.717, 1.165) is 36.9 Å². The third-order valence-corrected chi connectivity index (χ3v) is 3.79. The van der Waals surface area contributed by atoms with Gasteiger partial charge >= 0.3 is 5.97 Å². The average molecular weight is 258 g/mol. The Balaban J connectivity index is 1.94. The summed E-state index contributed by atoms with van der Waals surface area (Å²) >= 11 is 0. The molecule has 1 aromatic rings. The average Bonchev–Trinajstić information content (AvgIpc) is 2.39. The molecule has 19 heavy (non-hydrogen) atoms. The van der Waals surface area contributed by atoms with Crippen molar-refractivity contribution in [3.63, 3.8) is 0 Å². The lowest BCUT2D eigenvalue weighted by Crippen LogP contribution is -2.29. The van der Waals surface area contributed by atoms with E-state index in [9.17, 15) is 4.79 Å². The molecule has 0 saturated heterocycles. The van der Waals surface area contributed by atoms with Crippen LogP contribution in [0.5, 0.6) is 0 Å². The molecular weight excluding hydrogens is 240 g/mol. The molecule has 100 valence electrons. The first-order valence-corrected chi connectivity index (χ1v) is 6.60. The van der Waals surface area contributed by atoms with Crippen LogP contribution in [0.1, 0.15) is 36.8 Å². The van der Waals surface area contributed by atoms with Crippen molar-refractivity contribution in [3.8, 4) is 6.07 Å². The van der Waals surface area contributed by atoms with Crippen molar-refractivity contribution in [3.05, 3.63) is 29.3 Å². The van der Waals surface area contributed by atoms with Gasteiger partial charge in [0.15, 0.2) is 0 Å². The summed E-state index contributed by atoms with van der Waals surface area (Å²) in [5.41, 5.74) is 2.67. The van der Waals surface area contributed by atoms with Crippen LogP contribution in [-0.4, -0.2) is 17.1 Å². The summed E-state index contributed by atoms with van der Waals surface area (Å²) in [5.74, 6) is -0.853. The predicted molar refractivity (Wildman–Crippen MR) is 72.9 cm³/mol. The highest BCUT2D eigenvalue weighted by molar-refractivity contribution is 5.70. The fourth-order valence-electron chi connectivity index (χ4n) is 2.60. The van der Waals surface area contributed by atoms with Gasteiger partial charge in [-0.25, -0.2) is 0 Å². The highest BCUT2D eigenvalue weighted by Crippen LogP contribution is 2.27. The molecule has 0 unspecified atom stereocenters. The van der Waals surface area contributed by atoms with Gasteiger partial charge in [0.2, 0.25) is 0 Å². The van der Waals surface area contributed by atoms with Gasteiger partial charge < -0.3 is 10.4 Å². The summed E-state index contributed by atoms with van der Waals surface area (Å²) < 4.78 is 0. The number of aliphatic carboxylic acids is 1. The molecule has 0 aliphatic heterocycles. The topological polar surface area (TPSA) is 73.1 Å². The third-order valence-electron chi connectivity index (χ3n) is 3.79. The molecule has 0 atom stereocenters. The van der Waals surface area contributed by atoms with Crippen LogP contribution in [0.15, 0.2) is 18.2 Å². The Bertz CT molecular complexity index is 511. The smallest absolute Gasteiger partial charge is 0.306 e.